The largest absolute Gasteiger partial charge is 0.493 e. The van der Waals surface area contributed by atoms with Crippen molar-refractivity contribution in [2.24, 2.45) is 0 Å². The topological polar surface area (TPSA) is 49.2 Å². The molecule has 0 spiro atoms. The second kappa shape index (κ2) is 7.34. The van der Waals surface area contributed by atoms with Crippen LogP contribution in [0.1, 0.15) is 11.1 Å². The fourth-order valence-electron chi connectivity index (χ4n) is 4.17. The van der Waals surface area contributed by atoms with E-state index in [0.29, 0.717) is 13.2 Å². The third-order valence-corrected chi connectivity index (χ3v) is 5.42. The number of hydrogen-bond donors (Lipinski definition) is 0. The molecule has 0 amide bonds. The molecule has 0 aliphatic heterocycles. The Morgan fingerprint density at radius 1 is 0.867 bits per heavy atom. The van der Waals surface area contributed by atoms with E-state index in [9.17, 15) is 0 Å². The van der Waals surface area contributed by atoms with Gasteiger partial charge in [-0.2, -0.15) is 0 Å². The number of hydrogen-bond acceptors (Lipinski definition) is 4. The SMILES string of the molecule is COc1ccccc1OCCn1c2nc3ccccc3nc2c2cc(C)cc(C)c21. The number of para-hydroxylation sites is 4. The summed E-state index contributed by atoms with van der Waals surface area (Å²) in [5.74, 6) is 1.47. The van der Waals surface area contributed by atoms with Crippen molar-refractivity contribution in [1.82, 2.24) is 14.5 Å². The van der Waals surface area contributed by atoms with E-state index >= 15 is 0 Å². The first-order valence-corrected chi connectivity index (χ1v) is 10.1. The van der Waals surface area contributed by atoms with E-state index in [1.54, 1.807) is 7.11 Å². The monoisotopic (exact) mass is 397 g/mol. The van der Waals surface area contributed by atoms with E-state index in [4.69, 9.17) is 19.4 Å². The van der Waals surface area contributed by atoms with Crippen LogP contribution in [0.2, 0.25) is 0 Å². The summed E-state index contributed by atoms with van der Waals surface area (Å²) >= 11 is 0. The normalized spacial score (nSPS) is 11.4. The smallest absolute Gasteiger partial charge is 0.161 e. The van der Waals surface area contributed by atoms with Gasteiger partial charge in [0.05, 0.1) is 30.2 Å². The lowest BCUT2D eigenvalue weighted by Gasteiger charge is -2.12. The van der Waals surface area contributed by atoms with Crippen LogP contribution in [-0.2, 0) is 6.54 Å². The Balaban J connectivity index is 1.62. The fraction of sp³-hybridized carbons (Fsp3) is 0.200. The van der Waals surface area contributed by atoms with Gasteiger partial charge in [0.1, 0.15) is 12.1 Å². The van der Waals surface area contributed by atoms with Crippen molar-refractivity contribution < 1.29 is 9.47 Å². The molecule has 0 radical (unpaired) electrons. The standard InChI is InChI=1S/C25H23N3O2/c1-16-14-17(2)24-18(15-16)23-25(27-20-9-5-4-8-19(20)26-23)28(24)12-13-30-22-11-7-6-10-21(22)29-3/h4-11,14-15H,12-13H2,1-3H3. The summed E-state index contributed by atoms with van der Waals surface area (Å²) in [6.07, 6.45) is 0. The molecule has 5 nitrogen and oxygen atoms in total. The molecule has 0 saturated heterocycles. The summed E-state index contributed by atoms with van der Waals surface area (Å²) in [5, 5.41) is 1.14. The molecule has 0 atom stereocenters. The maximum atomic E-state index is 6.06. The van der Waals surface area contributed by atoms with Gasteiger partial charge < -0.3 is 14.0 Å². The third kappa shape index (κ3) is 3.03. The Morgan fingerprint density at radius 2 is 1.57 bits per heavy atom. The molecule has 2 heterocycles. The lowest BCUT2D eigenvalue weighted by atomic mass is 10.1. The average molecular weight is 397 g/mol. The minimum Gasteiger partial charge on any atom is -0.493 e. The van der Waals surface area contributed by atoms with Crippen LogP contribution >= 0.6 is 0 Å². The number of nitrogens with zero attached hydrogens (tertiary/aromatic N) is 3. The number of benzene rings is 3. The van der Waals surface area contributed by atoms with Gasteiger partial charge in [-0.3, -0.25) is 0 Å². The van der Waals surface area contributed by atoms with E-state index in [0.717, 1.165) is 44.6 Å². The molecule has 0 bridgehead atoms. The highest BCUT2D eigenvalue weighted by Crippen LogP contribution is 2.32. The Morgan fingerprint density at radius 3 is 2.33 bits per heavy atom. The number of fused-ring (bicyclic) bond motifs is 4. The van der Waals surface area contributed by atoms with Crippen LogP contribution in [0.15, 0.2) is 60.7 Å². The van der Waals surface area contributed by atoms with Crippen LogP contribution < -0.4 is 9.47 Å². The first kappa shape index (κ1) is 18.4. The minimum atomic E-state index is 0.501. The Hall–Kier alpha value is -3.60. The van der Waals surface area contributed by atoms with Crippen molar-refractivity contribution >= 4 is 33.1 Å². The quantitative estimate of drug-likeness (QED) is 0.396. The highest BCUT2D eigenvalue weighted by Gasteiger charge is 2.17. The van der Waals surface area contributed by atoms with Crippen LogP contribution in [-0.4, -0.2) is 28.3 Å². The fourth-order valence-corrected chi connectivity index (χ4v) is 4.17. The number of methoxy groups -OCH3 is 1. The van der Waals surface area contributed by atoms with Gasteiger partial charge in [0.25, 0.3) is 0 Å². The van der Waals surface area contributed by atoms with Crippen LogP contribution in [0.25, 0.3) is 33.1 Å². The highest BCUT2D eigenvalue weighted by atomic mass is 16.5. The van der Waals surface area contributed by atoms with Gasteiger partial charge in [0.2, 0.25) is 0 Å². The van der Waals surface area contributed by atoms with E-state index in [1.165, 1.54) is 11.1 Å². The molecule has 3 aromatic carbocycles. The molecule has 30 heavy (non-hydrogen) atoms. The molecular formula is C25H23N3O2. The van der Waals surface area contributed by atoms with Crippen LogP contribution in [0.3, 0.4) is 0 Å². The summed E-state index contributed by atoms with van der Waals surface area (Å²) in [6.45, 7) is 5.43. The van der Waals surface area contributed by atoms with Crippen molar-refractivity contribution in [3.05, 3.63) is 71.8 Å². The number of aromatic nitrogens is 3. The zero-order valence-electron chi connectivity index (χ0n) is 17.3. The number of rotatable bonds is 5. The highest BCUT2D eigenvalue weighted by molar-refractivity contribution is 6.07. The van der Waals surface area contributed by atoms with Crippen LogP contribution in [0.5, 0.6) is 11.5 Å². The van der Waals surface area contributed by atoms with Gasteiger partial charge in [0, 0.05) is 5.39 Å². The molecule has 0 fully saturated rings. The summed E-state index contributed by atoms with van der Waals surface area (Å²) in [5.41, 5.74) is 7.23. The van der Waals surface area contributed by atoms with Crippen molar-refractivity contribution in [2.45, 2.75) is 20.4 Å². The molecule has 0 aliphatic rings. The summed E-state index contributed by atoms with van der Waals surface area (Å²) in [7, 11) is 1.65. The minimum absolute atomic E-state index is 0.501. The molecule has 0 aliphatic carbocycles. The molecule has 5 aromatic rings. The van der Waals surface area contributed by atoms with Gasteiger partial charge >= 0.3 is 0 Å². The lowest BCUT2D eigenvalue weighted by molar-refractivity contribution is 0.282. The van der Waals surface area contributed by atoms with E-state index in [2.05, 4.69) is 30.5 Å². The molecule has 0 saturated carbocycles. The van der Waals surface area contributed by atoms with Gasteiger partial charge in [-0.1, -0.05) is 35.9 Å². The molecule has 0 unspecified atom stereocenters. The predicted molar refractivity (Wildman–Crippen MR) is 121 cm³/mol. The zero-order valence-corrected chi connectivity index (χ0v) is 17.3. The van der Waals surface area contributed by atoms with Gasteiger partial charge in [-0.25, -0.2) is 9.97 Å². The van der Waals surface area contributed by atoms with Gasteiger partial charge in [0.15, 0.2) is 17.1 Å². The van der Waals surface area contributed by atoms with Crippen molar-refractivity contribution in [2.75, 3.05) is 13.7 Å². The maximum Gasteiger partial charge on any atom is 0.161 e. The van der Waals surface area contributed by atoms with Crippen molar-refractivity contribution in [3.63, 3.8) is 0 Å². The molecule has 0 N–H and O–H groups in total. The molecule has 5 heteroatoms. The molecule has 2 aromatic heterocycles. The summed E-state index contributed by atoms with van der Waals surface area (Å²) in [6, 6.07) is 20.1. The Bertz CT molecular complexity index is 1390. The molecule has 150 valence electrons. The van der Waals surface area contributed by atoms with Crippen LogP contribution in [0.4, 0.5) is 0 Å². The lowest BCUT2D eigenvalue weighted by Crippen LogP contribution is -2.10. The Labute approximate surface area is 174 Å². The third-order valence-electron chi connectivity index (χ3n) is 5.42. The second-order valence-electron chi connectivity index (χ2n) is 7.51. The first-order chi connectivity index (χ1) is 14.7. The average Bonchev–Trinajstić information content (AvgIpc) is 3.05. The zero-order chi connectivity index (χ0) is 20.7. The van der Waals surface area contributed by atoms with E-state index in [1.807, 2.05) is 48.5 Å². The van der Waals surface area contributed by atoms with Crippen LogP contribution in [0, 0.1) is 13.8 Å². The number of ether oxygens (including phenoxy) is 2. The van der Waals surface area contributed by atoms with Gasteiger partial charge in [-0.15, -0.1) is 0 Å². The number of aryl methyl sites for hydroxylation is 2. The molecule has 5 rings (SSSR count). The second-order valence-corrected chi connectivity index (χ2v) is 7.51. The van der Waals surface area contributed by atoms with Crippen molar-refractivity contribution in [3.8, 4) is 11.5 Å². The first-order valence-electron chi connectivity index (χ1n) is 10.1. The predicted octanol–water partition coefficient (Wildman–Crippen LogP) is 5.44. The maximum absolute atomic E-state index is 6.06. The Kier molecular flexibility index (Phi) is 4.51. The van der Waals surface area contributed by atoms with Gasteiger partial charge in [-0.05, 0) is 49.7 Å². The summed E-state index contributed by atoms with van der Waals surface area (Å²) in [4.78, 5) is 9.92. The van der Waals surface area contributed by atoms with E-state index in [-0.39, 0.29) is 0 Å². The van der Waals surface area contributed by atoms with Crippen molar-refractivity contribution in [1.29, 1.82) is 0 Å². The van der Waals surface area contributed by atoms with E-state index < -0.39 is 0 Å². The molecular weight excluding hydrogens is 374 g/mol. The summed E-state index contributed by atoms with van der Waals surface area (Å²) < 4.78 is 13.7.